The molecule has 0 radical (unpaired) electrons. The highest BCUT2D eigenvalue weighted by Gasteiger charge is 2.07. The van der Waals surface area contributed by atoms with Gasteiger partial charge in [0.1, 0.15) is 12.0 Å². The molecule has 0 atom stereocenters. The summed E-state index contributed by atoms with van der Waals surface area (Å²) in [5, 5.41) is 8.59. The molecule has 0 bridgehead atoms. The molecule has 0 aliphatic rings. The van der Waals surface area contributed by atoms with Crippen LogP contribution in [0.25, 0.3) is 0 Å². The van der Waals surface area contributed by atoms with E-state index >= 15 is 0 Å². The third-order valence-electron chi connectivity index (χ3n) is 2.03. The van der Waals surface area contributed by atoms with Crippen molar-refractivity contribution >= 4 is 22.7 Å². The smallest absolute Gasteiger partial charge is 0.397 e. The van der Waals surface area contributed by atoms with Gasteiger partial charge in [-0.25, -0.2) is 0 Å². The molecule has 1 aromatic rings. The molecule has 112 valence electrons. The number of rotatable bonds is 5. The van der Waals surface area contributed by atoms with Crippen LogP contribution in [0, 0.1) is 0 Å². The first-order chi connectivity index (χ1) is 9.23. The van der Waals surface area contributed by atoms with Gasteiger partial charge in [-0.05, 0) is 23.8 Å². The maximum absolute atomic E-state index is 10.6. The third-order valence-corrected chi connectivity index (χ3v) is 2.45. The fourth-order valence-corrected chi connectivity index (χ4v) is 1.14. The summed E-state index contributed by atoms with van der Waals surface area (Å²) in [7, 11) is -1.81. The van der Waals surface area contributed by atoms with Gasteiger partial charge in [0.15, 0.2) is 0 Å². The van der Waals surface area contributed by atoms with E-state index in [2.05, 4.69) is 4.18 Å². The first-order valence-corrected chi connectivity index (χ1v) is 6.47. The second-order valence-corrected chi connectivity index (χ2v) is 4.54. The monoisotopic (exact) mass is 306 g/mol. The van der Waals surface area contributed by atoms with Gasteiger partial charge < -0.3 is 9.84 Å². The molecule has 20 heavy (non-hydrogen) atoms. The molecule has 9 heteroatoms. The lowest BCUT2D eigenvalue weighted by Crippen LogP contribution is -2.03. The van der Waals surface area contributed by atoms with Gasteiger partial charge in [-0.3, -0.25) is 18.3 Å². The van der Waals surface area contributed by atoms with E-state index in [1.807, 2.05) is 0 Å². The lowest BCUT2D eigenvalue weighted by Gasteiger charge is -2.04. The minimum atomic E-state index is -4.16. The fraction of sp³-hybridized carbons (Fsp3) is 0.273. The van der Waals surface area contributed by atoms with Gasteiger partial charge in [-0.1, -0.05) is 0 Å². The van der Waals surface area contributed by atoms with Crippen molar-refractivity contribution < 1.29 is 36.6 Å². The zero-order valence-electron chi connectivity index (χ0n) is 10.8. The Bertz CT molecular complexity index is 564. The van der Waals surface area contributed by atoms with Crippen LogP contribution in [0.2, 0.25) is 0 Å². The van der Waals surface area contributed by atoms with Gasteiger partial charge in [0.25, 0.3) is 0 Å². The highest BCUT2D eigenvalue weighted by atomic mass is 32.3. The summed E-state index contributed by atoms with van der Waals surface area (Å²) in [4.78, 5) is 21.1. The van der Waals surface area contributed by atoms with Crippen molar-refractivity contribution in [2.24, 2.45) is 0 Å². The van der Waals surface area contributed by atoms with Crippen LogP contribution in [0.3, 0.4) is 0 Å². The number of hydrogen-bond donors (Lipinski definition) is 2. The molecule has 1 rings (SSSR count). The quantitative estimate of drug-likeness (QED) is 0.597. The largest absolute Gasteiger partial charge is 0.497 e. The highest BCUT2D eigenvalue weighted by Crippen LogP contribution is 2.16. The molecule has 0 spiro atoms. The minimum Gasteiger partial charge on any atom is -0.497 e. The van der Waals surface area contributed by atoms with Gasteiger partial charge in [-0.2, -0.15) is 8.42 Å². The van der Waals surface area contributed by atoms with Gasteiger partial charge in [0.2, 0.25) is 0 Å². The van der Waals surface area contributed by atoms with Crippen molar-refractivity contribution in [3.63, 3.8) is 0 Å². The average molecular weight is 306 g/mol. The molecular weight excluding hydrogens is 292 g/mol. The standard InChI is InChI=1S/C10H10O4.CH4O4S/c1-14-9-3-2-7(6-11)8(4-9)5-10(12)13;1-5-6(2,3)4/h2-4,6H,5H2,1H3,(H,12,13);1H3,(H,2,3,4). The predicted octanol–water partition coefficient (Wildman–Crippen LogP) is 0.570. The molecule has 0 aliphatic carbocycles. The van der Waals surface area contributed by atoms with Gasteiger partial charge >= 0.3 is 16.4 Å². The lowest BCUT2D eigenvalue weighted by atomic mass is 10.1. The van der Waals surface area contributed by atoms with Gasteiger partial charge in [0, 0.05) is 5.56 Å². The summed E-state index contributed by atoms with van der Waals surface area (Å²) < 4.78 is 34.6. The molecule has 0 aliphatic heterocycles. The molecule has 0 amide bonds. The van der Waals surface area contributed by atoms with E-state index < -0.39 is 16.4 Å². The average Bonchev–Trinajstić information content (AvgIpc) is 2.37. The van der Waals surface area contributed by atoms with Crippen LogP contribution in [-0.4, -0.2) is 44.6 Å². The predicted molar refractivity (Wildman–Crippen MR) is 68.3 cm³/mol. The molecule has 2 N–H and O–H groups in total. The number of carboxylic acid groups (broad SMARTS) is 1. The van der Waals surface area contributed by atoms with Crippen LogP contribution >= 0.6 is 0 Å². The summed E-state index contributed by atoms with van der Waals surface area (Å²) in [5.74, 6) is -0.423. The number of aliphatic carboxylic acids is 1. The minimum absolute atomic E-state index is 0.175. The van der Waals surface area contributed by atoms with E-state index in [-0.39, 0.29) is 6.42 Å². The topological polar surface area (TPSA) is 127 Å². The van der Waals surface area contributed by atoms with E-state index in [0.717, 1.165) is 7.11 Å². The fourth-order valence-electron chi connectivity index (χ4n) is 1.14. The normalized spacial score (nSPS) is 10.2. The van der Waals surface area contributed by atoms with Crippen molar-refractivity contribution in [3.05, 3.63) is 29.3 Å². The van der Waals surface area contributed by atoms with Crippen LogP contribution in [0.15, 0.2) is 18.2 Å². The van der Waals surface area contributed by atoms with Gasteiger partial charge in [0.05, 0.1) is 20.6 Å². The lowest BCUT2D eigenvalue weighted by molar-refractivity contribution is -0.136. The Morgan fingerprint density at radius 3 is 2.25 bits per heavy atom. The van der Waals surface area contributed by atoms with E-state index in [1.165, 1.54) is 7.11 Å². The van der Waals surface area contributed by atoms with Gasteiger partial charge in [-0.15, -0.1) is 0 Å². The number of methoxy groups -OCH3 is 1. The molecule has 0 heterocycles. The second kappa shape index (κ2) is 8.25. The Kier molecular flexibility index (Phi) is 7.44. The summed E-state index contributed by atoms with van der Waals surface area (Å²) in [6.07, 6.45) is 0.461. The number of aldehydes is 1. The molecule has 1 aromatic carbocycles. The van der Waals surface area contributed by atoms with E-state index in [0.29, 0.717) is 23.2 Å². The number of carboxylic acids is 1. The molecule has 0 saturated heterocycles. The van der Waals surface area contributed by atoms with E-state index in [9.17, 15) is 18.0 Å². The summed E-state index contributed by atoms with van der Waals surface area (Å²) in [5.41, 5.74) is 0.847. The Morgan fingerprint density at radius 2 is 1.90 bits per heavy atom. The number of hydrogen-bond acceptors (Lipinski definition) is 6. The Hall–Kier alpha value is -1.97. The van der Waals surface area contributed by atoms with Crippen molar-refractivity contribution in [1.29, 1.82) is 0 Å². The molecule has 0 aromatic heterocycles. The van der Waals surface area contributed by atoms with Crippen LogP contribution in [0.5, 0.6) is 5.75 Å². The van der Waals surface area contributed by atoms with Crippen LogP contribution in [-0.2, 0) is 25.8 Å². The Morgan fingerprint density at radius 1 is 1.35 bits per heavy atom. The van der Waals surface area contributed by atoms with Crippen molar-refractivity contribution in [3.8, 4) is 5.75 Å². The van der Waals surface area contributed by atoms with Crippen LogP contribution in [0.1, 0.15) is 15.9 Å². The summed E-state index contributed by atoms with van der Waals surface area (Å²) in [6.45, 7) is 0. The highest BCUT2D eigenvalue weighted by molar-refractivity contribution is 7.80. The van der Waals surface area contributed by atoms with Crippen LogP contribution < -0.4 is 4.74 Å². The van der Waals surface area contributed by atoms with Crippen molar-refractivity contribution in [1.82, 2.24) is 0 Å². The number of ether oxygens (including phenoxy) is 1. The number of carbonyl (C=O) groups is 2. The Labute approximate surface area is 115 Å². The number of carbonyl (C=O) groups excluding carboxylic acids is 1. The maximum atomic E-state index is 10.6. The van der Waals surface area contributed by atoms with E-state index in [1.54, 1.807) is 18.2 Å². The number of benzene rings is 1. The maximum Gasteiger partial charge on any atom is 0.397 e. The Balaban J connectivity index is 0.000000511. The second-order valence-electron chi connectivity index (χ2n) is 3.35. The molecule has 0 fully saturated rings. The third kappa shape index (κ3) is 7.46. The van der Waals surface area contributed by atoms with Crippen LogP contribution in [0.4, 0.5) is 0 Å². The molecular formula is C11H14O8S. The summed E-state index contributed by atoms with van der Waals surface area (Å²) in [6, 6.07) is 4.72. The summed E-state index contributed by atoms with van der Waals surface area (Å²) >= 11 is 0. The van der Waals surface area contributed by atoms with Crippen molar-refractivity contribution in [2.75, 3.05) is 14.2 Å². The molecule has 0 unspecified atom stereocenters. The van der Waals surface area contributed by atoms with E-state index in [4.69, 9.17) is 14.4 Å². The zero-order chi connectivity index (χ0) is 15.8. The molecule has 0 saturated carbocycles. The molecule has 8 nitrogen and oxygen atoms in total. The van der Waals surface area contributed by atoms with Crippen molar-refractivity contribution in [2.45, 2.75) is 6.42 Å². The zero-order valence-corrected chi connectivity index (χ0v) is 11.6. The first kappa shape index (κ1) is 18.0. The SMILES string of the molecule is COS(=O)(=O)O.COc1ccc(C=O)c(CC(=O)O)c1. The first-order valence-electron chi connectivity index (χ1n) is 5.10.